The Kier molecular flexibility index (Phi) is 4.92. The fourth-order valence-electron chi connectivity index (χ4n) is 2.43. The SMILES string of the molecule is CCCC(=O)N(c1ccc2oc(=O)sc2c1)S(=O)(=O)c1ccc(F)cc1. The van der Waals surface area contributed by atoms with Gasteiger partial charge < -0.3 is 4.42 Å². The molecule has 26 heavy (non-hydrogen) atoms. The second-order valence-electron chi connectivity index (χ2n) is 5.45. The van der Waals surface area contributed by atoms with E-state index in [9.17, 15) is 22.4 Å². The highest BCUT2D eigenvalue weighted by molar-refractivity contribution is 7.93. The molecule has 136 valence electrons. The van der Waals surface area contributed by atoms with E-state index < -0.39 is 26.7 Å². The van der Waals surface area contributed by atoms with Gasteiger partial charge in [0.25, 0.3) is 10.0 Å². The second-order valence-corrected chi connectivity index (χ2v) is 8.22. The summed E-state index contributed by atoms with van der Waals surface area (Å²) < 4.78 is 45.2. The first-order valence-corrected chi connectivity index (χ1v) is 9.96. The van der Waals surface area contributed by atoms with Gasteiger partial charge in [-0.05, 0) is 48.9 Å². The standard InChI is InChI=1S/C17H14FNO5S2/c1-2-3-16(20)19(26(22,23)13-7-4-11(18)5-8-13)12-6-9-14-15(10-12)25-17(21)24-14/h4-10H,2-3H2,1H3. The topological polar surface area (TPSA) is 84.7 Å². The summed E-state index contributed by atoms with van der Waals surface area (Å²) in [7, 11) is -4.24. The van der Waals surface area contributed by atoms with Crippen molar-refractivity contribution in [1.29, 1.82) is 0 Å². The third-order valence-electron chi connectivity index (χ3n) is 3.59. The Balaban J connectivity index is 2.16. The number of nitrogens with zero attached hydrogens (tertiary/aromatic N) is 1. The van der Waals surface area contributed by atoms with Crippen molar-refractivity contribution in [3.63, 3.8) is 0 Å². The van der Waals surface area contributed by atoms with Crippen LogP contribution in [0.1, 0.15) is 19.8 Å². The van der Waals surface area contributed by atoms with E-state index in [1.165, 1.54) is 18.2 Å². The van der Waals surface area contributed by atoms with Gasteiger partial charge in [0.1, 0.15) is 11.4 Å². The number of rotatable bonds is 5. The molecule has 0 aliphatic rings. The van der Waals surface area contributed by atoms with E-state index in [0.717, 1.165) is 35.6 Å². The Morgan fingerprint density at radius 1 is 1.19 bits per heavy atom. The van der Waals surface area contributed by atoms with Crippen molar-refractivity contribution in [3.8, 4) is 0 Å². The number of anilines is 1. The Morgan fingerprint density at radius 3 is 2.54 bits per heavy atom. The summed E-state index contributed by atoms with van der Waals surface area (Å²) in [6.45, 7) is 1.76. The molecule has 0 radical (unpaired) electrons. The molecule has 0 unspecified atom stereocenters. The number of benzene rings is 2. The van der Waals surface area contributed by atoms with Crippen LogP contribution >= 0.6 is 11.3 Å². The lowest BCUT2D eigenvalue weighted by Crippen LogP contribution is -2.36. The van der Waals surface area contributed by atoms with Crippen LogP contribution in [0.25, 0.3) is 10.3 Å². The van der Waals surface area contributed by atoms with Crippen LogP contribution in [0.5, 0.6) is 0 Å². The fourth-order valence-corrected chi connectivity index (χ4v) is 4.57. The van der Waals surface area contributed by atoms with Crippen molar-refractivity contribution < 1.29 is 22.0 Å². The van der Waals surface area contributed by atoms with Crippen molar-refractivity contribution in [2.24, 2.45) is 0 Å². The molecule has 1 heterocycles. The summed E-state index contributed by atoms with van der Waals surface area (Å²) in [6, 6.07) is 8.49. The second kappa shape index (κ2) is 7.00. The van der Waals surface area contributed by atoms with Crippen LogP contribution < -0.4 is 9.24 Å². The van der Waals surface area contributed by atoms with Gasteiger partial charge in [0.2, 0.25) is 5.91 Å². The van der Waals surface area contributed by atoms with Crippen LogP contribution in [-0.4, -0.2) is 14.3 Å². The van der Waals surface area contributed by atoms with Gasteiger partial charge >= 0.3 is 4.94 Å². The molecule has 2 aromatic carbocycles. The molecule has 0 spiro atoms. The highest BCUT2D eigenvalue weighted by Gasteiger charge is 2.30. The lowest BCUT2D eigenvalue weighted by molar-refractivity contribution is -0.117. The van der Waals surface area contributed by atoms with Gasteiger partial charge in [-0.2, -0.15) is 0 Å². The zero-order valence-corrected chi connectivity index (χ0v) is 15.3. The van der Waals surface area contributed by atoms with Crippen molar-refractivity contribution in [3.05, 3.63) is 58.0 Å². The van der Waals surface area contributed by atoms with Gasteiger partial charge in [-0.3, -0.25) is 4.79 Å². The number of carbonyl (C=O) groups is 1. The first-order chi connectivity index (χ1) is 12.3. The maximum atomic E-state index is 13.1. The van der Waals surface area contributed by atoms with Crippen LogP contribution in [0.4, 0.5) is 10.1 Å². The van der Waals surface area contributed by atoms with E-state index in [1.54, 1.807) is 6.92 Å². The normalized spacial score (nSPS) is 11.6. The van der Waals surface area contributed by atoms with E-state index >= 15 is 0 Å². The van der Waals surface area contributed by atoms with Gasteiger partial charge in [-0.15, -0.1) is 0 Å². The van der Waals surface area contributed by atoms with Gasteiger partial charge in [0.05, 0.1) is 15.3 Å². The van der Waals surface area contributed by atoms with Crippen molar-refractivity contribution in [2.45, 2.75) is 24.7 Å². The number of fused-ring (bicyclic) bond motifs is 1. The molecular formula is C17H14FNO5S2. The molecule has 9 heteroatoms. The number of halogens is 1. The molecule has 6 nitrogen and oxygen atoms in total. The molecule has 0 aliphatic carbocycles. The Bertz CT molecular complexity index is 1120. The number of hydrogen-bond acceptors (Lipinski definition) is 6. The van der Waals surface area contributed by atoms with Crippen LogP contribution in [0.2, 0.25) is 0 Å². The zero-order chi connectivity index (χ0) is 18.9. The molecule has 0 atom stereocenters. The molecule has 0 bridgehead atoms. The molecule has 0 saturated carbocycles. The maximum Gasteiger partial charge on any atom is 0.396 e. The lowest BCUT2D eigenvalue weighted by Gasteiger charge is -2.22. The highest BCUT2D eigenvalue weighted by atomic mass is 32.2. The molecule has 0 fully saturated rings. The molecule has 1 amide bonds. The molecule has 1 aromatic heterocycles. The van der Waals surface area contributed by atoms with Crippen LogP contribution in [0.15, 0.2) is 56.6 Å². The minimum Gasteiger partial charge on any atom is -0.414 e. The summed E-state index contributed by atoms with van der Waals surface area (Å²) >= 11 is 0.813. The van der Waals surface area contributed by atoms with Gasteiger partial charge in [-0.25, -0.2) is 21.9 Å². The molecule has 0 aliphatic heterocycles. The maximum absolute atomic E-state index is 13.1. The quantitative estimate of drug-likeness (QED) is 0.660. The molecular weight excluding hydrogens is 381 g/mol. The van der Waals surface area contributed by atoms with E-state index in [2.05, 4.69) is 0 Å². The first kappa shape index (κ1) is 18.3. The van der Waals surface area contributed by atoms with Crippen molar-refractivity contribution >= 4 is 43.2 Å². The zero-order valence-electron chi connectivity index (χ0n) is 13.6. The van der Waals surface area contributed by atoms with Crippen LogP contribution in [0, 0.1) is 5.82 Å². The summed E-state index contributed by atoms with van der Waals surface area (Å²) in [4.78, 5) is 23.2. The average molecular weight is 395 g/mol. The number of carbonyl (C=O) groups excluding carboxylic acids is 1. The molecule has 3 rings (SSSR count). The molecule has 3 aromatic rings. The predicted octanol–water partition coefficient (Wildman–Crippen LogP) is 3.52. The first-order valence-electron chi connectivity index (χ1n) is 7.70. The van der Waals surface area contributed by atoms with Crippen molar-refractivity contribution in [2.75, 3.05) is 4.31 Å². The van der Waals surface area contributed by atoms with E-state index in [-0.39, 0.29) is 17.0 Å². The van der Waals surface area contributed by atoms with Crippen molar-refractivity contribution in [1.82, 2.24) is 0 Å². The van der Waals surface area contributed by atoms with Gasteiger partial charge in [0, 0.05) is 6.42 Å². The Hall–Kier alpha value is -2.52. The molecule has 0 N–H and O–H groups in total. The van der Waals surface area contributed by atoms with Crippen LogP contribution in [0.3, 0.4) is 0 Å². The monoisotopic (exact) mass is 395 g/mol. The van der Waals surface area contributed by atoms with Crippen LogP contribution in [-0.2, 0) is 14.8 Å². The number of hydrogen-bond donors (Lipinski definition) is 0. The predicted molar refractivity (Wildman–Crippen MR) is 96.3 cm³/mol. The number of sulfonamides is 1. The average Bonchev–Trinajstić information content (AvgIpc) is 2.95. The Morgan fingerprint density at radius 2 is 1.88 bits per heavy atom. The fraction of sp³-hybridized carbons (Fsp3) is 0.176. The summed E-state index contributed by atoms with van der Waals surface area (Å²) in [5.74, 6) is -1.20. The Labute approximate surface area is 152 Å². The summed E-state index contributed by atoms with van der Waals surface area (Å²) in [5, 5.41) is 0. The van der Waals surface area contributed by atoms with Gasteiger partial charge in [0.15, 0.2) is 0 Å². The minimum atomic E-state index is -4.24. The van der Waals surface area contributed by atoms with E-state index in [1.807, 2.05) is 0 Å². The largest absolute Gasteiger partial charge is 0.414 e. The third-order valence-corrected chi connectivity index (χ3v) is 6.14. The summed E-state index contributed by atoms with van der Waals surface area (Å²) in [5.41, 5.74) is 0.406. The summed E-state index contributed by atoms with van der Waals surface area (Å²) in [6.07, 6.45) is 0.468. The third kappa shape index (κ3) is 3.40. The molecule has 0 saturated heterocycles. The highest BCUT2D eigenvalue weighted by Crippen LogP contribution is 2.29. The van der Waals surface area contributed by atoms with Gasteiger partial charge in [-0.1, -0.05) is 18.3 Å². The number of amides is 1. The smallest absolute Gasteiger partial charge is 0.396 e. The van der Waals surface area contributed by atoms with E-state index in [0.29, 0.717) is 21.0 Å². The minimum absolute atomic E-state index is 0.0140. The lowest BCUT2D eigenvalue weighted by atomic mass is 10.2. The van der Waals surface area contributed by atoms with E-state index in [4.69, 9.17) is 4.42 Å².